The highest BCUT2D eigenvalue weighted by molar-refractivity contribution is 7.12. The van der Waals surface area contributed by atoms with Gasteiger partial charge in [0.15, 0.2) is 11.5 Å². The molecule has 0 fully saturated rings. The number of carbonyl (C=O) groups excluding carboxylic acids is 1. The van der Waals surface area contributed by atoms with Crippen LogP contribution in [0.15, 0.2) is 24.3 Å². The molecule has 0 spiro atoms. The molecule has 2 heterocycles. The standard InChI is InChI=1S/C19H24N2O3S/c1-12-9-16(14(3)25-12)13(2)21-19(22)20-11-15-5-6-17-18(10-15)24-8-4-7-23-17/h5-6,9-10,13H,4,7-8,11H2,1-3H3,(H2,20,21,22). The van der Waals surface area contributed by atoms with Crippen molar-refractivity contribution in [3.8, 4) is 11.5 Å². The zero-order chi connectivity index (χ0) is 17.8. The smallest absolute Gasteiger partial charge is 0.315 e. The van der Waals surface area contributed by atoms with Gasteiger partial charge in [0.25, 0.3) is 0 Å². The highest BCUT2D eigenvalue weighted by atomic mass is 32.1. The SMILES string of the molecule is Cc1cc(C(C)NC(=O)NCc2ccc3c(c2)OCCCO3)c(C)s1. The van der Waals surface area contributed by atoms with Gasteiger partial charge in [-0.3, -0.25) is 0 Å². The lowest BCUT2D eigenvalue weighted by Gasteiger charge is -2.15. The lowest BCUT2D eigenvalue weighted by molar-refractivity contribution is 0.237. The van der Waals surface area contributed by atoms with Crippen LogP contribution in [0.5, 0.6) is 11.5 Å². The first kappa shape index (κ1) is 17.6. The van der Waals surface area contributed by atoms with Crippen molar-refractivity contribution < 1.29 is 14.3 Å². The maximum absolute atomic E-state index is 12.2. The van der Waals surface area contributed by atoms with E-state index in [-0.39, 0.29) is 12.1 Å². The number of urea groups is 1. The average Bonchev–Trinajstić information content (AvgIpc) is 2.79. The number of carbonyl (C=O) groups is 1. The molecule has 2 amide bonds. The predicted octanol–water partition coefficient (Wildman–Crippen LogP) is 4.09. The van der Waals surface area contributed by atoms with Crippen LogP contribution in [0.4, 0.5) is 4.79 Å². The third-order valence-corrected chi connectivity index (χ3v) is 5.14. The van der Waals surface area contributed by atoms with Crippen LogP contribution >= 0.6 is 11.3 Å². The lowest BCUT2D eigenvalue weighted by atomic mass is 10.1. The average molecular weight is 360 g/mol. The minimum absolute atomic E-state index is 0.0197. The minimum Gasteiger partial charge on any atom is -0.490 e. The van der Waals surface area contributed by atoms with Crippen molar-refractivity contribution in [2.45, 2.75) is 39.8 Å². The molecule has 1 aromatic carbocycles. The zero-order valence-corrected chi connectivity index (χ0v) is 15.7. The molecule has 5 nitrogen and oxygen atoms in total. The maximum Gasteiger partial charge on any atom is 0.315 e. The number of hydrogen-bond acceptors (Lipinski definition) is 4. The van der Waals surface area contributed by atoms with Gasteiger partial charge in [0.05, 0.1) is 19.3 Å². The van der Waals surface area contributed by atoms with Crippen molar-refractivity contribution >= 4 is 17.4 Å². The van der Waals surface area contributed by atoms with E-state index in [0.717, 1.165) is 23.5 Å². The summed E-state index contributed by atoms with van der Waals surface area (Å²) in [5.74, 6) is 1.51. The zero-order valence-electron chi connectivity index (χ0n) is 14.8. The molecule has 0 saturated heterocycles. The Balaban J connectivity index is 1.55. The topological polar surface area (TPSA) is 59.6 Å². The number of amides is 2. The second-order valence-electron chi connectivity index (χ2n) is 6.25. The minimum atomic E-state index is -0.178. The Labute approximate surface area is 152 Å². The summed E-state index contributed by atoms with van der Waals surface area (Å²) < 4.78 is 11.3. The van der Waals surface area contributed by atoms with Crippen molar-refractivity contribution in [1.29, 1.82) is 0 Å². The number of thiophene rings is 1. The van der Waals surface area contributed by atoms with Crippen LogP contribution in [0.1, 0.15) is 40.3 Å². The van der Waals surface area contributed by atoms with Gasteiger partial charge in [-0.15, -0.1) is 11.3 Å². The summed E-state index contributed by atoms with van der Waals surface area (Å²) in [4.78, 5) is 14.7. The fraction of sp³-hybridized carbons (Fsp3) is 0.421. The molecule has 25 heavy (non-hydrogen) atoms. The summed E-state index contributed by atoms with van der Waals surface area (Å²) >= 11 is 1.75. The molecule has 2 aromatic rings. The summed E-state index contributed by atoms with van der Waals surface area (Å²) in [5, 5.41) is 5.90. The number of nitrogens with one attached hydrogen (secondary N) is 2. The van der Waals surface area contributed by atoms with E-state index in [2.05, 4.69) is 30.5 Å². The third kappa shape index (κ3) is 4.45. The van der Waals surface area contributed by atoms with E-state index in [1.807, 2.05) is 25.1 Å². The van der Waals surface area contributed by atoms with Crippen molar-refractivity contribution in [3.63, 3.8) is 0 Å². The third-order valence-electron chi connectivity index (χ3n) is 4.16. The molecule has 0 radical (unpaired) electrons. The van der Waals surface area contributed by atoms with Crippen molar-refractivity contribution in [2.24, 2.45) is 0 Å². The van der Waals surface area contributed by atoms with Gasteiger partial charge in [-0.1, -0.05) is 6.07 Å². The van der Waals surface area contributed by atoms with Crippen LogP contribution in [0.3, 0.4) is 0 Å². The van der Waals surface area contributed by atoms with Gasteiger partial charge in [-0.25, -0.2) is 4.79 Å². The van der Waals surface area contributed by atoms with Gasteiger partial charge in [0.1, 0.15) is 0 Å². The van der Waals surface area contributed by atoms with E-state index < -0.39 is 0 Å². The molecule has 0 saturated carbocycles. The fourth-order valence-electron chi connectivity index (χ4n) is 2.91. The summed E-state index contributed by atoms with van der Waals surface area (Å²) in [7, 11) is 0. The predicted molar refractivity (Wildman–Crippen MR) is 99.6 cm³/mol. The summed E-state index contributed by atoms with van der Waals surface area (Å²) in [6.07, 6.45) is 0.879. The first-order valence-electron chi connectivity index (χ1n) is 8.53. The van der Waals surface area contributed by atoms with Crippen LogP contribution < -0.4 is 20.1 Å². The number of benzene rings is 1. The summed E-state index contributed by atoms with van der Waals surface area (Å²) in [6.45, 7) is 7.94. The number of aryl methyl sites for hydroxylation is 2. The Morgan fingerprint density at radius 2 is 1.96 bits per heavy atom. The highest BCUT2D eigenvalue weighted by Gasteiger charge is 2.14. The second kappa shape index (κ2) is 7.78. The van der Waals surface area contributed by atoms with Crippen LogP contribution in [0, 0.1) is 13.8 Å². The molecule has 134 valence electrons. The molecule has 0 aliphatic carbocycles. The number of ether oxygens (including phenoxy) is 2. The molecule has 3 rings (SSSR count). The molecule has 0 bridgehead atoms. The van der Waals surface area contributed by atoms with E-state index in [1.54, 1.807) is 11.3 Å². The van der Waals surface area contributed by atoms with Gasteiger partial charge in [0.2, 0.25) is 0 Å². The highest BCUT2D eigenvalue weighted by Crippen LogP contribution is 2.30. The Kier molecular flexibility index (Phi) is 5.48. The molecule has 6 heteroatoms. The second-order valence-corrected chi connectivity index (χ2v) is 7.71. The van der Waals surface area contributed by atoms with Crippen molar-refractivity contribution in [1.82, 2.24) is 10.6 Å². The van der Waals surface area contributed by atoms with Crippen molar-refractivity contribution in [2.75, 3.05) is 13.2 Å². The van der Waals surface area contributed by atoms with E-state index in [0.29, 0.717) is 19.8 Å². The van der Waals surface area contributed by atoms with Crippen LogP contribution in [-0.2, 0) is 6.54 Å². The number of hydrogen-bond donors (Lipinski definition) is 2. The van der Waals surface area contributed by atoms with Crippen LogP contribution in [0.25, 0.3) is 0 Å². The Hall–Kier alpha value is -2.21. The lowest BCUT2D eigenvalue weighted by Crippen LogP contribution is -2.36. The van der Waals surface area contributed by atoms with Gasteiger partial charge in [-0.05, 0) is 50.1 Å². The van der Waals surface area contributed by atoms with Gasteiger partial charge in [-0.2, -0.15) is 0 Å². The Morgan fingerprint density at radius 3 is 2.68 bits per heavy atom. The summed E-state index contributed by atoms with van der Waals surface area (Å²) in [5.41, 5.74) is 2.16. The molecular formula is C19H24N2O3S. The number of fused-ring (bicyclic) bond motifs is 1. The van der Waals surface area contributed by atoms with E-state index in [1.165, 1.54) is 15.3 Å². The number of rotatable bonds is 4. The molecule has 1 unspecified atom stereocenters. The largest absolute Gasteiger partial charge is 0.490 e. The normalized spacial score (nSPS) is 14.5. The van der Waals surface area contributed by atoms with E-state index >= 15 is 0 Å². The first-order chi connectivity index (χ1) is 12.0. The quantitative estimate of drug-likeness (QED) is 0.863. The summed E-state index contributed by atoms with van der Waals surface area (Å²) in [6, 6.07) is 7.71. The van der Waals surface area contributed by atoms with E-state index in [9.17, 15) is 4.79 Å². The van der Waals surface area contributed by atoms with Gasteiger partial charge in [0, 0.05) is 22.7 Å². The van der Waals surface area contributed by atoms with Crippen LogP contribution in [-0.4, -0.2) is 19.2 Å². The molecule has 1 aliphatic heterocycles. The molecule has 1 aliphatic rings. The Morgan fingerprint density at radius 1 is 1.20 bits per heavy atom. The molecule has 1 aromatic heterocycles. The molecule has 1 atom stereocenters. The van der Waals surface area contributed by atoms with Crippen molar-refractivity contribution in [3.05, 3.63) is 45.1 Å². The molecule has 2 N–H and O–H groups in total. The van der Waals surface area contributed by atoms with Gasteiger partial charge >= 0.3 is 6.03 Å². The monoisotopic (exact) mass is 360 g/mol. The Bertz CT molecular complexity index is 757. The fourth-order valence-corrected chi connectivity index (χ4v) is 3.93. The maximum atomic E-state index is 12.2. The van der Waals surface area contributed by atoms with Crippen LogP contribution in [0.2, 0.25) is 0 Å². The first-order valence-corrected chi connectivity index (χ1v) is 9.34. The van der Waals surface area contributed by atoms with E-state index in [4.69, 9.17) is 9.47 Å². The molecular weight excluding hydrogens is 336 g/mol. The van der Waals surface area contributed by atoms with Gasteiger partial charge < -0.3 is 20.1 Å².